The predicted octanol–water partition coefficient (Wildman–Crippen LogP) is 1.50. The van der Waals surface area contributed by atoms with Crippen LogP contribution in [-0.2, 0) is 6.54 Å². The lowest BCUT2D eigenvalue weighted by Crippen LogP contribution is -2.33. The van der Waals surface area contributed by atoms with Gasteiger partial charge in [0, 0.05) is 17.6 Å². The van der Waals surface area contributed by atoms with E-state index in [1.54, 1.807) is 0 Å². The molecule has 2 N–H and O–H groups in total. The lowest BCUT2D eigenvalue weighted by Gasteiger charge is -2.07. The summed E-state index contributed by atoms with van der Waals surface area (Å²) in [4.78, 5) is 4.26. The predicted molar refractivity (Wildman–Crippen MR) is 61.3 cm³/mol. The zero-order valence-electron chi connectivity index (χ0n) is 7.76. The Morgan fingerprint density at radius 3 is 3.00 bits per heavy atom. The average Bonchev–Trinajstić information content (AvgIpc) is 2.69. The van der Waals surface area contributed by atoms with Crippen molar-refractivity contribution in [2.75, 3.05) is 13.1 Å². The summed E-state index contributed by atoms with van der Waals surface area (Å²) in [7, 11) is 0. The molecule has 0 saturated carbocycles. The summed E-state index contributed by atoms with van der Waals surface area (Å²) in [5.41, 5.74) is 1.24. The van der Waals surface area contributed by atoms with Gasteiger partial charge in [-0.3, -0.25) is 4.99 Å². The minimum Gasteiger partial charge on any atom is -0.355 e. The van der Waals surface area contributed by atoms with Crippen LogP contribution in [0.3, 0.4) is 0 Å². The Morgan fingerprint density at radius 1 is 1.43 bits per heavy atom. The summed E-state index contributed by atoms with van der Waals surface area (Å²) >= 11 is 3.51. The van der Waals surface area contributed by atoms with E-state index in [1.807, 2.05) is 18.2 Å². The fourth-order valence-corrected chi connectivity index (χ4v) is 1.76. The van der Waals surface area contributed by atoms with Crippen LogP contribution in [0, 0.1) is 0 Å². The fourth-order valence-electron chi connectivity index (χ4n) is 1.34. The third-order valence-electron chi connectivity index (χ3n) is 2.08. The van der Waals surface area contributed by atoms with Gasteiger partial charge >= 0.3 is 0 Å². The Labute approximate surface area is 91.7 Å². The molecule has 1 aliphatic rings. The minimum absolute atomic E-state index is 0.799. The van der Waals surface area contributed by atoms with E-state index in [0.717, 1.165) is 30.1 Å². The van der Waals surface area contributed by atoms with Gasteiger partial charge in [-0.2, -0.15) is 0 Å². The first-order valence-electron chi connectivity index (χ1n) is 4.62. The van der Waals surface area contributed by atoms with E-state index in [-0.39, 0.29) is 0 Å². The normalized spacial score (nSPS) is 14.8. The van der Waals surface area contributed by atoms with Gasteiger partial charge in [0.25, 0.3) is 0 Å². The molecule has 1 aromatic rings. The van der Waals surface area contributed by atoms with Crippen molar-refractivity contribution >= 4 is 21.9 Å². The Kier molecular flexibility index (Phi) is 3.03. The maximum atomic E-state index is 4.26. The zero-order chi connectivity index (χ0) is 9.80. The van der Waals surface area contributed by atoms with Gasteiger partial charge in [-0.15, -0.1) is 0 Å². The van der Waals surface area contributed by atoms with Crippen LogP contribution in [0.25, 0.3) is 0 Å². The molecule has 1 aliphatic heterocycles. The molecule has 0 atom stereocenters. The first-order chi connectivity index (χ1) is 6.86. The summed E-state index contributed by atoms with van der Waals surface area (Å²) in [6.45, 7) is 2.61. The maximum absolute atomic E-state index is 4.26. The van der Waals surface area contributed by atoms with Crippen LogP contribution >= 0.6 is 15.9 Å². The highest BCUT2D eigenvalue weighted by Crippen LogP contribution is 2.15. The van der Waals surface area contributed by atoms with Gasteiger partial charge in [0.05, 0.1) is 6.54 Å². The molecule has 74 valence electrons. The lowest BCUT2D eigenvalue weighted by molar-refractivity contribution is 0.864. The van der Waals surface area contributed by atoms with Crippen molar-refractivity contribution < 1.29 is 0 Å². The smallest absolute Gasteiger partial charge is 0.191 e. The molecule has 0 saturated heterocycles. The molecular weight excluding hydrogens is 242 g/mol. The monoisotopic (exact) mass is 253 g/mol. The second-order valence-corrected chi connectivity index (χ2v) is 3.96. The molecular formula is C10H12BrN3. The SMILES string of the molecule is Brc1ccccc1CNC1=NCCN1. The Balaban J connectivity index is 1.94. The summed E-state index contributed by atoms with van der Waals surface area (Å²) in [5.74, 6) is 0.903. The van der Waals surface area contributed by atoms with Crippen LogP contribution in [0.1, 0.15) is 5.56 Å². The molecule has 0 amide bonds. The summed E-state index contributed by atoms with van der Waals surface area (Å²) in [6, 6.07) is 8.18. The summed E-state index contributed by atoms with van der Waals surface area (Å²) < 4.78 is 1.13. The molecule has 0 aromatic heterocycles. The van der Waals surface area contributed by atoms with Gasteiger partial charge < -0.3 is 10.6 Å². The molecule has 2 rings (SSSR count). The number of nitrogens with one attached hydrogen (secondary N) is 2. The lowest BCUT2D eigenvalue weighted by atomic mass is 10.2. The maximum Gasteiger partial charge on any atom is 0.191 e. The van der Waals surface area contributed by atoms with Crippen molar-refractivity contribution in [1.82, 2.24) is 10.6 Å². The van der Waals surface area contributed by atoms with E-state index < -0.39 is 0 Å². The zero-order valence-corrected chi connectivity index (χ0v) is 9.34. The van der Waals surface area contributed by atoms with Crippen molar-refractivity contribution in [2.45, 2.75) is 6.54 Å². The topological polar surface area (TPSA) is 36.4 Å². The molecule has 0 fully saturated rings. The van der Waals surface area contributed by atoms with E-state index in [9.17, 15) is 0 Å². The van der Waals surface area contributed by atoms with Crippen LogP contribution in [0.15, 0.2) is 33.7 Å². The van der Waals surface area contributed by atoms with Crippen LogP contribution < -0.4 is 10.6 Å². The Morgan fingerprint density at radius 2 is 2.29 bits per heavy atom. The number of hydrogen-bond donors (Lipinski definition) is 2. The number of rotatable bonds is 2. The third-order valence-corrected chi connectivity index (χ3v) is 2.85. The van der Waals surface area contributed by atoms with Gasteiger partial charge in [0.2, 0.25) is 0 Å². The van der Waals surface area contributed by atoms with Crippen LogP contribution in [0.2, 0.25) is 0 Å². The highest BCUT2D eigenvalue weighted by Gasteiger charge is 2.04. The van der Waals surface area contributed by atoms with Crippen LogP contribution in [0.5, 0.6) is 0 Å². The van der Waals surface area contributed by atoms with Crippen molar-refractivity contribution in [1.29, 1.82) is 0 Å². The summed E-state index contributed by atoms with van der Waals surface area (Å²) in [5, 5.41) is 6.42. The van der Waals surface area contributed by atoms with Gasteiger partial charge in [-0.25, -0.2) is 0 Å². The van der Waals surface area contributed by atoms with Crippen LogP contribution in [0.4, 0.5) is 0 Å². The van der Waals surface area contributed by atoms with E-state index in [0.29, 0.717) is 0 Å². The molecule has 14 heavy (non-hydrogen) atoms. The van der Waals surface area contributed by atoms with Gasteiger partial charge in [0.1, 0.15) is 0 Å². The number of halogens is 1. The highest BCUT2D eigenvalue weighted by molar-refractivity contribution is 9.10. The molecule has 4 heteroatoms. The van der Waals surface area contributed by atoms with Crippen molar-refractivity contribution in [2.24, 2.45) is 4.99 Å². The molecule has 1 aromatic carbocycles. The number of guanidine groups is 1. The minimum atomic E-state index is 0.799. The van der Waals surface area contributed by atoms with Crippen molar-refractivity contribution in [3.05, 3.63) is 34.3 Å². The van der Waals surface area contributed by atoms with Crippen molar-refractivity contribution in [3.63, 3.8) is 0 Å². The van der Waals surface area contributed by atoms with E-state index in [2.05, 4.69) is 37.6 Å². The second kappa shape index (κ2) is 4.46. The molecule has 0 radical (unpaired) electrons. The Bertz CT molecular complexity index is 349. The van der Waals surface area contributed by atoms with Gasteiger partial charge in [-0.05, 0) is 11.6 Å². The second-order valence-electron chi connectivity index (χ2n) is 3.10. The average molecular weight is 254 g/mol. The number of hydrogen-bond acceptors (Lipinski definition) is 3. The quantitative estimate of drug-likeness (QED) is 0.839. The molecule has 3 nitrogen and oxygen atoms in total. The number of aliphatic imine (C=N–C) groups is 1. The molecule has 0 bridgehead atoms. The standard InChI is InChI=1S/C10H12BrN3/c11-9-4-2-1-3-8(9)7-14-10-12-5-6-13-10/h1-4H,5-7H2,(H2,12,13,14). The summed E-state index contributed by atoms with van der Waals surface area (Å²) in [6.07, 6.45) is 0. The van der Waals surface area contributed by atoms with E-state index in [1.165, 1.54) is 5.56 Å². The number of nitrogens with zero attached hydrogens (tertiary/aromatic N) is 1. The number of benzene rings is 1. The fraction of sp³-hybridized carbons (Fsp3) is 0.300. The Hall–Kier alpha value is -1.03. The van der Waals surface area contributed by atoms with Gasteiger partial charge in [-0.1, -0.05) is 34.1 Å². The van der Waals surface area contributed by atoms with Crippen LogP contribution in [-0.4, -0.2) is 19.0 Å². The first kappa shape index (κ1) is 9.52. The molecule has 0 spiro atoms. The first-order valence-corrected chi connectivity index (χ1v) is 5.41. The van der Waals surface area contributed by atoms with E-state index >= 15 is 0 Å². The molecule has 0 unspecified atom stereocenters. The van der Waals surface area contributed by atoms with E-state index in [4.69, 9.17) is 0 Å². The third kappa shape index (κ3) is 2.26. The van der Waals surface area contributed by atoms with Gasteiger partial charge in [0.15, 0.2) is 5.96 Å². The molecule has 1 heterocycles. The molecule has 0 aliphatic carbocycles. The highest BCUT2D eigenvalue weighted by atomic mass is 79.9. The largest absolute Gasteiger partial charge is 0.355 e. The van der Waals surface area contributed by atoms with Crippen molar-refractivity contribution in [3.8, 4) is 0 Å².